The summed E-state index contributed by atoms with van der Waals surface area (Å²) in [6.45, 7) is 4.71. The van der Waals surface area contributed by atoms with Gasteiger partial charge in [-0.2, -0.15) is 0 Å². The van der Waals surface area contributed by atoms with E-state index in [1.807, 2.05) is 12.4 Å². The van der Waals surface area contributed by atoms with E-state index in [-0.39, 0.29) is 6.04 Å². The molecule has 0 spiro atoms. The van der Waals surface area contributed by atoms with Gasteiger partial charge in [0.1, 0.15) is 0 Å². The highest BCUT2D eigenvalue weighted by Gasteiger charge is 2.40. The predicted octanol–water partition coefficient (Wildman–Crippen LogP) is 3.57. The third kappa shape index (κ3) is 2.21. The third-order valence-electron chi connectivity index (χ3n) is 4.96. The lowest BCUT2D eigenvalue weighted by Crippen LogP contribution is -2.37. The number of pyridine rings is 1. The Morgan fingerprint density at radius 1 is 1.30 bits per heavy atom. The third-order valence-corrected chi connectivity index (χ3v) is 4.96. The van der Waals surface area contributed by atoms with Crippen LogP contribution in [0.1, 0.15) is 44.7 Å². The fourth-order valence-electron chi connectivity index (χ4n) is 3.78. The summed E-state index contributed by atoms with van der Waals surface area (Å²) in [5.41, 5.74) is 4.62. The van der Waals surface area contributed by atoms with Gasteiger partial charge >= 0.3 is 0 Å². The van der Waals surface area contributed by atoms with Crippen LogP contribution in [0.3, 0.4) is 0 Å². The summed E-state index contributed by atoms with van der Waals surface area (Å²) >= 11 is 0. The molecular weight excluding hydrogens is 246 g/mol. The van der Waals surface area contributed by atoms with Gasteiger partial charge in [0.15, 0.2) is 0 Å². The molecule has 3 heteroatoms. The van der Waals surface area contributed by atoms with Crippen molar-refractivity contribution >= 4 is 10.8 Å². The number of hydrogen-bond acceptors (Lipinski definition) is 3. The zero-order valence-electron chi connectivity index (χ0n) is 12.3. The molecule has 0 aliphatic heterocycles. The highest BCUT2D eigenvalue weighted by atomic mass is 15.2. The molecule has 0 radical (unpaired) electrons. The fourth-order valence-corrected chi connectivity index (χ4v) is 3.78. The molecule has 1 aliphatic rings. The molecule has 0 amide bonds. The molecule has 20 heavy (non-hydrogen) atoms. The smallest absolute Gasteiger partial charge is 0.0514 e. The van der Waals surface area contributed by atoms with Gasteiger partial charge in [0.05, 0.1) is 6.04 Å². The number of benzene rings is 1. The summed E-state index contributed by atoms with van der Waals surface area (Å²) < 4.78 is 0. The van der Waals surface area contributed by atoms with Crippen molar-refractivity contribution in [3.8, 4) is 0 Å². The standard InChI is InChI=1S/C17H23N3/c1-17(2)9-5-8-15(17)16(20-18)14-11-19-10-12-6-3-4-7-13(12)14/h3-4,6-7,10-11,15-16,20H,5,8-9,18H2,1-2H3. The van der Waals surface area contributed by atoms with E-state index in [1.54, 1.807) is 0 Å². The summed E-state index contributed by atoms with van der Waals surface area (Å²) in [6, 6.07) is 8.58. The van der Waals surface area contributed by atoms with E-state index in [0.717, 1.165) is 0 Å². The van der Waals surface area contributed by atoms with Crippen LogP contribution < -0.4 is 11.3 Å². The van der Waals surface area contributed by atoms with Gasteiger partial charge < -0.3 is 0 Å². The van der Waals surface area contributed by atoms with Crippen molar-refractivity contribution in [1.29, 1.82) is 0 Å². The lowest BCUT2D eigenvalue weighted by Gasteiger charge is -2.34. The summed E-state index contributed by atoms with van der Waals surface area (Å²) in [5, 5.41) is 2.44. The van der Waals surface area contributed by atoms with Crippen LogP contribution in [0.4, 0.5) is 0 Å². The summed E-state index contributed by atoms with van der Waals surface area (Å²) in [4.78, 5) is 4.41. The van der Waals surface area contributed by atoms with Crippen molar-refractivity contribution < 1.29 is 0 Å². The van der Waals surface area contributed by atoms with Crippen LogP contribution in [0.25, 0.3) is 10.8 Å². The maximum Gasteiger partial charge on any atom is 0.0514 e. The number of fused-ring (bicyclic) bond motifs is 1. The second kappa shape index (κ2) is 5.15. The van der Waals surface area contributed by atoms with Gasteiger partial charge in [-0.05, 0) is 35.1 Å². The van der Waals surface area contributed by atoms with Crippen molar-refractivity contribution in [3.63, 3.8) is 0 Å². The molecule has 1 fully saturated rings. The van der Waals surface area contributed by atoms with Gasteiger partial charge in [-0.3, -0.25) is 16.3 Å². The Balaban J connectivity index is 2.08. The normalized spacial score (nSPS) is 23.1. The maximum absolute atomic E-state index is 5.92. The van der Waals surface area contributed by atoms with Gasteiger partial charge in [0.2, 0.25) is 0 Å². The van der Waals surface area contributed by atoms with Crippen molar-refractivity contribution in [3.05, 3.63) is 42.2 Å². The molecule has 2 aromatic rings. The van der Waals surface area contributed by atoms with Crippen molar-refractivity contribution in [2.45, 2.75) is 39.2 Å². The predicted molar refractivity (Wildman–Crippen MR) is 82.9 cm³/mol. The van der Waals surface area contributed by atoms with Gasteiger partial charge in [-0.1, -0.05) is 44.5 Å². The molecule has 2 atom stereocenters. The van der Waals surface area contributed by atoms with Crippen LogP contribution in [0.5, 0.6) is 0 Å². The van der Waals surface area contributed by atoms with Gasteiger partial charge in [-0.25, -0.2) is 0 Å². The Bertz CT molecular complexity index is 601. The number of nitrogens with two attached hydrogens (primary N) is 1. The zero-order chi connectivity index (χ0) is 14.2. The molecule has 1 saturated carbocycles. The molecular formula is C17H23N3. The van der Waals surface area contributed by atoms with Crippen molar-refractivity contribution in [2.24, 2.45) is 17.2 Å². The van der Waals surface area contributed by atoms with Crippen LogP contribution >= 0.6 is 0 Å². The number of rotatable bonds is 3. The van der Waals surface area contributed by atoms with Crippen LogP contribution in [-0.2, 0) is 0 Å². The van der Waals surface area contributed by atoms with Gasteiger partial charge in [-0.15, -0.1) is 0 Å². The zero-order valence-corrected chi connectivity index (χ0v) is 12.3. The SMILES string of the molecule is CC1(C)CCCC1C(NN)c1cncc2ccccc12. The first-order valence-corrected chi connectivity index (χ1v) is 7.42. The van der Waals surface area contributed by atoms with Gasteiger partial charge in [0.25, 0.3) is 0 Å². The van der Waals surface area contributed by atoms with E-state index in [2.05, 4.69) is 48.5 Å². The van der Waals surface area contributed by atoms with E-state index in [0.29, 0.717) is 11.3 Å². The van der Waals surface area contributed by atoms with E-state index in [4.69, 9.17) is 5.84 Å². The minimum Gasteiger partial charge on any atom is -0.271 e. The molecule has 1 heterocycles. The Morgan fingerprint density at radius 2 is 2.10 bits per heavy atom. The quantitative estimate of drug-likeness (QED) is 0.661. The second-order valence-electron chi connectivity index (χ2n) is 6.58. The van der Waals surface area contributed by atoms with Crippen LogP contribution in [0, 0.1) is 11.3 Å². The van der Waals surface area contributed by atoms with Crippen LogP contribution in [-0.4, -0.2) is 4.98 Å². The maximum atomic E-state index is 5.92. The van der Waals surface area contributed by atoms with Crippen molar-refractivity contribution in [2.75, 3.05) is 0 Å². The molecule has 2 unspecified atom stereocenters. The van der Waals surface area contributed by atoms with Crippen molar-refractivity contribution in [1.82, 2.24) is 10.4 Å². The average Bonchev–Trinajstić information content (AvgIpc) is 2.80. The summed E-state index contributed by atoms with van der Waals surface area (Å²) in [7, 11) is 0. The van der Waals surface area contributed by atoms with Crippen LogP contribution in [0.2, 0.25) is 0 Å². The van der Waals surface area contributed by atoms with E-state index < -0.39 is 0 Å². The summed E-state index contributed by atoms with van der Waals surface area (Å²) in [5.74, 6) is 6.47. The first-order chi connectivity index (χ1) is 9.63. The molecule has 106 valence electrons. The largest absolute Gasteiger partial charge is 0.271 e. The Morgan fingerprint density at radius 3 is 2.80 bits per heavy atom. The molecule has 1 aliphatic carbocycles. The molecule has 0 saturated heterocycles. The number of hydrazine groups is 1. The number of nitrogens with one attached hydrogen (secondary N) is 1. The summed E-state index contributed by atoms with van der Waals surface area (Å²) in [6.07, 6.45) is 7.68. The minimum atomic E-state index is 0.172. The average molecular weight is 269 g/mol. The molecule has 3 rings (SSSR count). The van der Waals surface area contributed by atoms with E-state index in [1.165, 1.54) is 35.6 Å². The molecule has 3 nitrogen and oxygen atoms in total. The monoisotopic (exact) mass is 269 g/mol. The highest BCUT2D eigenvalue weighted by molar-refractivity contribution is 5.85. The first-order valence-electron chi connectivity index (χ1n) is 7.42. The number of hydrogen-bond donors (Lipinski definition) is 2. The molecule has 1 aromatic carbocycles. The lowest BCUT2D eigenvalue weighted by atomic mass is 9.75. The number of aromatic nitrogens is 1. The highest BCUT2D eigenvalue weighted by Crippen LogP contribution is 2.49. The topological polar surface area (TPSA) is 50.9 Å². The van der Waals surface area contributed by atoms with Gasteiger partial charge in [0, 0.05) is 17.8 Å². The molecule has 0 bridgehead atoms. The fraction of sp³-hybridized carbons (Fsp3) is 0.471. The molecule has 3 N–H and O–H groups in total. The van der Waals surface area contributed by atoms with E-state index >= 15 is 0 Å². The molecule has 1 aromatic heterocycles. The van der Waals surface area contributed by atoms with E-state index in [9.17, 15) is 0 Å². The lowest BCUT2D eigenvalue weighted by molar-refractivity contribution is 0.199. The Kier molecular flexibility index (Phi) is 3.48. The second-order valence-corrected chi connectivity index (χ2v) is 6.58. The Hall–Kier alpha value is -1.45. The minimum absolute atomic E-state index is 0.172. The van der Waals surface area contributed by atoms with Crippen LogP contribution in [0.15, 0.2) is 36.7 Å². The first kappa shape index (κ1) is 13.5. The Labute approximate surface area is 120 Å². The number of nitrogens with zero attached hydrogens (tertiary/aromatic N) is 1.